The van der Waals surface area contributed by atoms with Gasteiger partial charge in [-0.2, -0.15) is 13.2 Å². The first kappa shape index (κ1) is 54.7. The molecule has 3 aliphatic heterocycles. The first-order valence-corrected chi connectivity index (χ1v) is 24.1. The number of rotatable bonds is 14. The van der Waals surface area contributed by atoms with Gasteiger partial charge < -0.3 is 47.1 Å². The number of fused-ring (bicyclic) bond motifs is 3. The highest BCUT2D eigenvalue weighted by atomic mass is 19.4. The van der Waals surface area contributed by atoms with Crippen molar-refractivity contribution in [2.24, 2.45) is 0 Å². The van der Waals surface area contributed by atoms with Crippen molar-refractivity contribution in [2.75, 3.05) is 13.7 Å². The molecule has 0 bridgehead atoms. The van der Waals surface area contributed by atoms with Crippen LogP contribution >= 0.6 is 0 Å². The number of esters is 1. The molecule has 21 heteroatoms. The SMILES string of the molecule is CB1OCc2cc(Oc3ccc(C(C)=O)cc3C(F)(F)F)ccc21.COc1cc(Oc2ccc3c(c2)COB3C)ccc1OC=O.[C-]#[N+]c1ccc(Oc2cc(C(=O)OCC)ccc2Oc2ccc3c(c2)COB3C)nc1. The van der Waals surface area contributed by atoms with Gasteiger partial charge in [-0.1, -0.05) is 38.7 Å². The molecule has 0 radical (unpaired) electrons. The van der Waals surface area contributed by atoms with E-state index in [1.807, 2.05) is 56.9 Å². The maximum Gasteiger partial charge on any atom is 0.420 e. The summed E-state index contributed by atoms with van der Waals surface area (Å²) in [5.41, 5.74) is 6.21. The van der Waals surface area contributed by atoms with Crippen LogP contribution in [0.25, 0.3) is 4.85 Å². The monoisotopic (exact) mass is 1050 g/mol. The molecule has 390 valence electrons. The lowest BCUT2D eigenvalue weighted by atomic mass is 9.64. The van der Waals surface area contributed by atoms with Gasteiger partial charge in [-0.25, -0.2) is 14.6 Å². The van der Waals surface area contributed by atoms with Crippen LogP contribution in [-0.4, -0.2) is 57.7 Å². The van der Waals surface area contributed by atoms with E-state index in [9.17, 15) is 27.6 Å². The summed E-state index contributed by atoms with van der Waals surface area (Å²) < 4.78 is 94.8. The molecule has 4 heterocycles. The normalized spacial score (nSPS) is 12.8. The highest BCUT2D eigenvalue weighted by molar-refractivity contribution is 6.68. The number of methoxy groups -OCH3 is 1. The molecule has 77 heavy (non-hydrogen) atoms. The Balaban J connectivity index is 0.000000155. The van der Waals surface area contributed by atoms with Crippen molar-refractivity contribution in [3.05, 3.63) is 172 Å². The third-order valence-corrected chi connectivity index (χ3v) is 12.3. The number of Topliss-reactive ketones (excluding diaryl/α,β-unsaturated/α-hetero) is 1. The summed E-state index contributed by atoms with van der Waals surface area (Å²) in [4.78, 5) is 41.4. The van der Waals surface area contributed by atoms with Gasteiger partial charge in [0.05, 0.1) is 51.2 Å². The van der Waals surface area contributed by atoms with E-state index in [0.717, 1.165) is 39.4 Å². The topological polar surface area (TPSA) is 161 Å². The number of alkyl halides is 3. The second-order valence-electron chi connectivity index (χ2n) is 17.5. The van der Waals surface area contributed by atoms with Crippen LogP contribution in [0, 0.1) is 6.57 Å². The second-order valence-corrected chi connectivity index (χ2v) is 17.5. The fraction of sp³-hybridized carbons (Fsp3) is 0.196. The summed E-state index contributed by atoms with van der Waals surface area (Å²) >= 11 is 0. The summed E-state index contributed by atoms with van der Waals surface area (Å²) in [7, 11) is 1.50. The number of nitrogens with zero attached hydrogens (tertiary/aromatic N) is 2. The summed E-state index contributed by atoms with van der Waals surface area (Å²) in [5, 5.41) is 0. The Morgan fingerprint density at radius 3 is 1.66 bits per heavy atom. The quantitative estimate of drug-likeness (QED) is 0.0333. The third kappa shape index (κ3) is 13.5. The Morgan fingerprint density at radius 2 is 1.16 bits per heavy atom. The minimum Gasteiger partial charge on any atom is -0.493 e. The Morgan fingerprint density at radius 1 is 0.636 bits per heavy atom. The zero-order valence-corrected chi connectivity index (χ0v) is 42.6. The molecule has 15 nitrogen and oxygen atoms in total. The molecule has 0 spiro atoms. The van der Waals surface area contributed by atoms with E-state index in [-0.39, 0.29) is 44.5 Å². The van der Waals surface area contributed by atoms with Crippen molar-refractivity contribution in [3.63, 3.8) is 0 Å². The predicted molar refractivity (Wildman–Crippen MR) is 282 cm³/mol. The summed E-state index contributed by atoms with van der Waals surface area (Å²) in [6.45, 7) is 18.3. The van der Waals surface area contributed by atoms with Crippen LogP contribution in [0.3, 0.4) is 0 Å². The van der Waals surface area contributed by atoms with Crippen LogP contribution < -0.4 is 44.8 Å². The van der Waals surface area contributed by atoms with Crippen LogP contribution in [0.5, 0.6) is 57.6 Å². The van der Waals surface area contributed by atoms with E-state index in [1.54, 1.807) is 73.7 Å². The number of ketones is 1. The van der Waals surface area contributed by atoms with Gasteiger partial charge in [0, 0.05) is 17.8 Å². The van der Waals surface area contributed by atoms with Gasteiger partial charge in [-0.15, -0.1) is 0 Å². The van der Waals surface area contributed by atoms with Gasteiger partial charge in [0.25, 0.3) is 6.47 Å². The summed E-state index contributed by atoms with van der Waals surface area (Å²) in [6, 6.07) is 33.1. The van der Waals surface area contributed by atoms with Crippen molar-refractivity contribution in [3.8, 4) is 57.6 Å². The second kappa shape index (κ2) is 24.4. The fourth-order valence-electron chi connectivity index (χ4n) is 8.35. The van der Waals surface area contributed by atoms with Crippen LogP contribution in [0.4, 0.5) is 18.9 Å². The van der Waals surface area contributed by atoms with Crippen LogP contribution in [-0.2, 0) is 49.5 Å². The van der Waals surface area contributed by atoms with Gasteiger partial charge in [0.15, 0.2) is 28.8 Å². The van der Waals surface area contributed by atoms with Gasteiger partial charge in [-0.05, 0) is 144 Å². The fourth-order valence-corrected chi connectivity index (χ4v) is 8.35. The largest absolute Gasteiger partial charge is 0.493 e. The molecular weight excluding hydrogens is 998 g/mol. The number of carbonyl (C=O) groups is 3. The molecule has 1 aromatic heterocycles. The van der Waals surface area contributed by atoms with Gasteiger partial charge in [0.1, 0.15) is 28.7 Å². The number of ether oxygens (including phenoxy) is 7. The Hall–Kier alpha value is -8.57. The molecule has 3 aliphatic rings. The van der Waals surface area contributed by atoms with E-state index in [2.05, 4.69) is 9.83 Å². The molecule has 0 N–H and O–H groups in total. The zero-order valence-electron chi connectivity index (χ0n) is 42.6. The van der Waals surface area contributed by atoms with Crippen molar-refractivity contribution >= 4 is 61.0 Å². The molecule has 10 rings (SSSR count). The summed E-state index contributed by atoms with van der Waals surface area (Å²) in [5.74, 6) is 2.79. The Labute approximate surface area is 443 Å². The Bertz CT molecular complexity index is 3360. The van der Waals surface area contributed by atoms with Crippen molar-refractivity contribution in [2.45, 2.75) is 60.3 Å². The lowest BCUT2D eigenvalue weighted by Gasteiger charge is -2.15. The molecule has 0 atom stereocenters. The van der Waals surface area contributed by atoms with E-state index >= 15 is 0 Å². The maximum atomic E-state index is 13.3. The van der Waals surface area contributed by atoms with Crippen molar-refractivity contribution in [1.82, 2.24) is 4.98 Å². The van der Waals surface area contributed by atoms with Gasteiger partial charge >= 0.3 is 32.9 Å². The van der Waals surface area contributed by atoms with E-state index in [1.165, 1.54) is 37.8 Å². The predicted octanol–water partition coefficient (Wildman–Crippen LogP) is 11.2. The number of carbonyl (C=O) groups excluding carboxylic acids is 3. The maximum absolute atomic E-state index is 13.3. The Kier molecular flexibility index (Phi) is 17.3. The van der Waals surface area contributed by atoms with Crippen LogP contribution in [0.15, 0.2) is 128 Å². The van der Waals surface area contributed by atoms with Crippen LogP contribution in [0.2, 0.25) is 20.5 Å². The lowest BCUT2D eigenvalue weighted by molar-refractivity contribution is -0.138. The molecule has 0 unspecified atom stereocenters. The minimum absolute atomic E-state index is 0.00847. The lowest BCUT2D eigenvalue weighted by Crippen LogP contribution is -2.23. The molecule has 6 aromatic carbocycles. The molecule has 0 aliphatic carbocycles. The first-order valence-electron chi connectivity index (χ1n) is 24.1. The van der Waals surface area contributed by atoms with Gasteiger partial charge in [0.2, 0.25) is 11.6 Å². The zero-order chi connectivity index (χ0) is 54.8. The number of hydrogen-bond donors (Lipinski definition) is 0. The molecule has 0 fully saturated rings. The van der Waals surface area contributed by atoms with Gasteiger partial charge in [-0.3, -0.25) is 9.59 Å². The van der Waals surface area contributed by atoms with E-state index in [4.69, 9.17) is 53.7 Å². The molecule has 0 saturated heterocycles. The standard InChI is InChI=1S/C23H19BN2O5.C17H14BF3O3.C16H15BO5/c1-4-28-23(27)15-5-9-20(21(12-15)31-22-10-6-17(25-3)13-26-22)30-18-7-8-19-16(11-18)14-29-24(19)2;1-10(22)11-3-6-16(14(8-11)17(19,20)21)24-13-4-5-15-12(7-13)9-23-18(15)2;1-17-14-5-3-12(7-11(14)9-21-17)22-13-4-6-15(20-10-18)16(8-13)19-2/h5-13H,4,14H2,1-2H3;3-8H,9H2,1-2H3;3-8,10H,9H2,1-2H3. The highest BCUT2D eigenvalue weighted by Crippen LogP contribution is 2.40. The summed E-state index contributed by atoms with van der Waals surface area (Å²) in [6.07, 6.45) is -3.20. The van der Waals surface area contributed by atoms with Crippen molar-refractivity contribution < 1.29 is 74.7 Å². The average Bonchev–Trinajstić information content (AvgIpc) is 4.11. The number of pyridine rings is 1. The van der Waals surface area contributed by atoms with E-state index < -0.39 is 23.5 Å². The minimum atomic E-state index is -4.62. The molecular formula is C56H48B3F3N2O13. The smallest absolute Gasteiger partial charge is 0.420 e. The first-order chi connectivity index (χ1) is 37.0. The number of hydrogen-bond acceptors (Lipinski definition) is 14. The number of halogens is 3. The molecule has 7 aromatic rings. The number of benzene rings is 6. The van der Waals surface area contributed by atoms with Crippen LogP contribution in [0.1, 0.15) is 56.8 Å². The third-order valence-electron chi connectivity index (χ3n) is 12.3. The highest BCUT2D eigenvalue weighted by Gasteiger charge is 2.36. The molecule has 0 saturated carbocycles. The molecule has 0 amide bonds. The average molecular weight is 1050 g/mol. The number of aromatic nitrogens is 1. The van der Waals surface area contributed by atoms with E-state index in [0.29, 0.717) is 77.8 Å². The van der Waals surface area contributed by atoms with Crippen molar-refractivity contribution in [1.29, 1.82) is 0 Å².